The molecule has 4 atom stereocenters. The normalized spacial score (nSPS) is 29.4. The van der Waals surface area contributed by atoms with Gasteiger partial charge in [-0.25, -0.2) is 0 Å². The fourth-order valence-electron chi connectivity index (χ4n) is 7.55. The van der Waals surface area contributed by atoms with E-state index in [0.717, 1.165) is 22.6 Å². The van der Waals surface area contributed by atoms with E-state index >= 15 is 0 Å². The first-order valence-electron chi connectivity index (χ1n) is 13.3. The van der Waals surface area contributed by atoms with Gasteiger partial charge in [0.2, 0.25) is 12.7 Å². The van der Waals surface area contributed by atoms with Crippen LogP contribution in [-0.4, -0.2) is 41.1 Å². The molecule has 1 amide bonds. The van der Waals surface area contributed by atoms with Crippen LogP contribution in [-0.2, 0) is 11.3 Å². The molecule has 0 aromatic heterocycles. The summed E-state index contributed by atoms with van der Waals surface area (Å²) in [5.41, 5.74) is 2.73. The number of nitriles is 1. The Morgan fingerprint density at radius 2 is 1.75 bits per heavy atom. The smallest absolute Gasteiger partial charge is 0.231 e. The van der Waals surface area contributed by atoms with E-state index in [1.165, 1.54) is 32.1 Å². The molecule has 36 heavy (non-hydrogen) atoms. The van der Waals surface area contributed by atoms with E-state index in [1.54, 1.807) is 0 Å². The number of carbonyl (C=O) groups is 1. The molecule has 2 aromatic carbocycles. The molecule has 4 aliphatic rings. The maximum atomic E-state index is 14.4. The molecule has 0 N–H and O–H groups in total. The van der Waals surface area contributed by atoms with Crippen molar-refractivity contribution in [3.8, 4) is 17.6 Å². The van der Waals surface area contributed by atoms with Gasteiger partial charge in [-0.2, -0.15) is 5.26 Å². The molecule has 0 radical (unpaired) electrons. The molecule has 1 saturated carbocycles. The SMILES string of the molecule is CN1C(c2ccc(C#N)cc2)C2C(=O)N(Cc3ccc4c(c3)OCO4)C(C3CCCCC3)C2C1(C)C. The number of carbonyl (C=O) groups excluding carboxylic acids is 1. The van der Waals surface area contributed by atoms with Crippen molar-refractivity contribution in [2.75, 3.05) is 13.8 Å². The number of fused-ring (bicyclic) bond motifs is 2. The first-order chi connectivity index (χ1) is 17.4. The lowest BCUT2D eigenvalue weighted by Crippen LogP contribution is -2.51. The summed E-state index contributed by atoms with van der Waals surface area (Å²) in [6.07, 6.45) is 6.19. The summed E-state index contributed by atoms with van der Waals surface area (Å²) in [5.74, 6) is 2.48. The number of nitrogens with zero attached hydrogens (tertiary/aromatic N) is 3. The van der Waals surface area contributed by atoms with Gasteiger partial charge < -0.3 is 14.4 Å². The second-order valence-corrected chi connectivity index (χ2v) is 11.5. The van der Waals surface area contributed by atoms with E-state index < -0.39 is 0 Å². The molecule has 3 heterocycles. The summed E-state index contributed by atoms with van der Waals surface area (Å²) in [4.78, 5) is 19.1. The van der Waals surface area contributed by atoms with Crippen molar-refractivity contribution in [2.24, 2.45) is 17.8 Å². The monoisotopic (exact) mass is 485 g/mol. The Labute approximate surface area is 213 Å². The van der Waals surface area contributed by atoms with Crippen molar-refractivity contribution in [3.63, 3.8) is 0 Å². The minimum atomic E-state index is -0.134. The maximum Gasteiger partial charge on any atom is 0.231 e. The molecule has 3 aliphatic heterocycles. The lowest BCUT2D eigenvalue weighted by Gasteiger charge is -2.44. The topological polar surface area (TPSA) is 65.8 Å². The average molecular weight is 486 g/mol. The van der Waals surface area contributed by atoms with Gasteiger partial charge in [-0.1, -0.05) is 37.5 Å². The summed E-state index contributed by atoms with van der Waals surface area (Å²) < 4.78 is 11.1. The number of hydrogen-bond donors (Lipinski definition) is 0. The van der Waals surface area contributed by atoms with Crippen molar-refractivity contribution < 1.29 is 14.3 Å². The zero-order valence-electron chi connectivity index (χ0n) is 21.4. The van der Waals surface area contributed by atoms with Crippen LogP contribution in [0, 0.1) is 29.1 Å². The van der Waals surface area contributed by atoms with Crippen LogP contribution in [0.15, 0.2) is 42.5 Å². The Hall–Kier alpha value is -3.04. The predicted octanol–water partition coefficient (Wildman–Crippen LogP) is 5.28. The molecule has 1 aliphatic carbocycles. The van der Waals surface area contributed by atoms with Gasteiger partial charge in [0, 0.05) is 30.1 Å². The Balaban J connectivity index is 1.40. The third-order valence-electron chi connectivity index (χ3n) is 9.47. The highest BCUT2D eigenvalue weighted by Crippen LogP contribution is 2.58. The highest BCUT2D eigenvalue weighted by Gasteiger charge is 2.65. The summed E-state index contributed by atoms with van der Waals surface area (Å²) in [7, 11) is 2.18. The zero-order valence-corrected chi connectivity index (χ0v) is 21.4. The van der Waals surface area contributed by atoms with Gasteiger partial charge in [-0.15, -0.1) is 0 Å². The molecule has 0 spiro atoms. The summed E-state index contributed by atoms with van der Waals surface area (Å²) >= 11 is 0. The minimum Gasteiger partial charge on any atom is -0.454 e. The van der Waals surface area contributed by atoms with E-state index in [2.05, 4.69) is 42.8 Å². The summed E-state index contributed by atoms with van der Waals surface area (Å²) in [6, 6.07) is 16.4. The molecule has 0 bridgehead atoms. The number of hydrogen-bond acceptors (Lipinski definition) is 5. The highest BCUT2D eigenvalue weighted by molar-refractivity contribution is 5.84. The molecule has 4 unspecified atom stereocenters. The van der Waals surface area contributed by atoms with Crippen molar-refractivity contribution in [2.45, 2.75) is 70.1 Å². The van der Waals surface area contributed by atoms with Crippen LogP contribution in [0.25, 0.3) is 0 Å². The third-order valence-corrected chi connectivity index (χ3v) is 9.47. The molecular weight excluding hydrogens is 450 g/mol. The van der Waals surface area contributed by atoms with Crippen LogP contribution in [0.3, 0.4) is 0 Å². The largest absolute Gasteiger partial charge is 0.454 e. The van der Waals surface area contributed by atoms with Crippen molar-refractivity contribution >= 4 is 5.91 Å². The molecule has 6 heteroatoms. The van der Waals surface area contributed by atoms with Gasteiger partial charge >= 0.3 is 0 Å². The number of benzene rings is 2. The first-order valence-corrected chi connectivity index (χ1v) is 13.3. The molecule has 6 rings (SSSR count). The van der Waals surface area contributed by atoms with Gasteiger partial charge in [-0.05, 0) is 75.0 Å². The quantitative estimate of drug-likeness (QED) is 0.590. The number of rotatable bonds is 4. The van der Waals surface area contributed by atoms with Crippen LogP contribution in [0.4, 0.5) is 0 Å². The third kappa shape index (κ3) is 3.59. The lowest BCUT2D eigenvalue weighted by molar-refractivity contribution is -0.135. The lowest BCUT2D eigenvalue weighted by atomic mass is 9.71. The van der Waals surface area contributed by atoms with Crippen molar-refractivity contribution in [1.82, 2.24) is 9.80 Å². The number of amides is 1. The first kappa shape index (κ1) is 23.4. The fourth-order valence-corrected chi connectivity index (χ4v) is 7.55. The van der Waals surface area contributed by atoms with Crippen LogP contribution in [0.2, 0.25) is 0 Å². The predicted molar refractivity (Wildman–Crippen MR) is 136 cm³/mol. The van der Waals surface area contributed by atoms with Gasteiger partial charge in [0.15, 0.2) is 11.5 Å². The van der Waals surface area contributed by atoms with Crippen molar-refractivity contribution in [3.05, 3.63) is 59.2 Å². The molecule has 2 aromatic rings. The maximum absolute atomic E-state index is 14.4. The molecule has 3 fully saturated rings. The van der Waals surface area contributed by atoms with Crippen LogP contribution < -0.4 is 9.47 Å². The van der Waals surface area contributed by atoms with Crippen LogP contribution >= 0.6 is 0 Å². The van der Waals surface area contributed by atoms with Gasteiger partial charge in [-0.3, -0.25) is 9.69 Å². The number of ether oxygens (including phenoxy) is 2. The van der Waals surface area contributed by atoms with Crippen LogP contribution in [0.5, 0.6) is 11.5 Å². The highest BCUT2D eigenvalue weighted by atomic mass is 16.7. The Bertz CT molecular complexity index is 1190. The summed E-state index contributed by atoms with van der Waals surface area (Å²) in [5, 5.41) is 9.30. The van der Waals surface area contributed by atoms with E-state index in [4.69, 9.17) is 9.47 Å². The second kappa shape index (κ2) is 8.81. The minimum absolute atomic E-state index is 0.00177. The van der Waals surface area contributed by atoms with Gasteiger partial charge in [0.1, 0.15) is 0 Å². The van der Waals surface area contributed by atoms with E-state index in [9.17, 15) is 10.1 Å². The zero-order chi connectivity index (χ0) is 25.0. The van der Waals surface area contributed by atoms with Crippen molar-refractivity contribution in [1.29, 1.82) is 5.26 Å². The summed E-state index contributed by atoms with van der Waals surface area (Å²) in [6.45, 7) is 5.50. The average Bonchev–Trinajstić information content (AvgIpc) is 3.53. The van der Waals surface area contributed by atoms with E-state index in [1.807, 2.05) is 36.4 Å². The Kier molecular flexibility index (Phi) is 5.72. The second-order valence-electron chi connectivity index (χ2n) is 11.5. The van der Waals surface area contributed by atoms with Crippen LogP contribution in [0.1, 0.15) is 68.7 Å². The van der Waals surface area contributed by atoms with Gasteiger partial charge in [0.05, 0.1) is 17.6 Å². The molecular formula is C30H35N3O3. The number of likely N-dealkylation sites (tertiary alicyclic amines) is 2. The Morgan fingerprint density at radius 3 is 2.47 bits per heavy atom. The van der Waals surface area contributed by atoms with E-state index in [0.29, 0.717) is 18.0 Å². The Morgan fingerprint density at radius 1 is 1.03 bits per heavy atom. The van der Waals surface area contributed by atoms with E-state index in [-0.39, 0.29) is 42.2 Å². The van der Waals surface area contributed by atoms with Gasteiger partial charge in [0.25, 0.3) is 0 Å². The molecule has 6 nitrogen and oxygen atoms in total. The molecule has 2 saturated heterocycles. The fraction of sp³-hybridized carbons (Fsp3) is 0.533. The standard InChI is InChI=1S/C30H35N3O3/c1-30(2)26-25(27(32(30)3)22-12-9-19(16-31)10-13-22)29(34)33(28(26)21-7-5-4-6-8-21)17-20-11-14-23-24(15-20)36-18-35-23/h9-15,21,25-28H,4-8,17-18H2,1-3H3. The molecule has 188 valence electrons.